The number of alkyl halides is 3. The van der Waals surface area contributed by atoms with Gasteiger partial charge in [0.1, 0.15) is 17.2 Å². The molecule has 0 aromatic carbocycles. The number of nitrogens with zero attached hydrogens (tertiary/aromatic N) is 2. The number of carbonyl (C=O) groups is 1. The van der Waals surface area contributed by atoms with Crippen molar-refractivity contribution < 1.29 is 27.4 Å². The van der Waals surface area contributed by atoms with E-state index in [9.17, 15) is 18.0 Å². The first-order chi connectivity index (χ1) is 12.4. The zero-order valence-corrected chi connectivity index (χ0v) is 16.2. The molecule has 1 fully saturated rings. The summed E-state index contributed by atoms with van der Waals surface area (Å²) in [5.74, 6) is 0.383. The second-order valence-electron chi connectivity index (χ2n) is 7.31. The Balaban J connectivity index is 1.98. The summed E-state index contributed by atoms with van der Waals surface area (Å²) >= 11 is 6.18. The number of carbonyl (C=O) groups excluding carboxylic acids is 1. The predicted molar refractivity (Wildman–Crippen MR) is 95.4 cm³/mol. The number of ether oxygens (including phenoxy) is 2. The number of hydrogen-bond donors (Lipinski definition) is 1. The molecule has 1 N–H and O–H groups in total. The maximum Gasteiger partial charge on any atom is 0.422 e. The molecule has 2 rings (SSSR count). The zero-order valence-electron chi connectivity index (χ0n) is 15.4. The van der Waals surface area contributed by atoms with E-state index >= 15 is 0 Å². The first kappa shape index (κ1) is 21.4. The third-order valence-electron chi connectivity index (χ3n) is 3.64. The fraction of sp³-hybridized carbons (Fsp3) is 0.647. The molecule has 1 aromatic heterocycles. The van der Waals surface area contributed by atoms with E-state index in [1.54, 1.807) is 20.8 Å². The lowest BCUT2D eigenvalue weighted by molar-refractivity contribution is -0.153. The minimum atomic E-state index is -4.43. The number of rotatable bonds is 4. The van der Waals surface area contributed by atoms with Crippen molar-refractivity contribution in [1.82, 2.24) is 10.3 Å². The molecule has 152 valence electrons. The lowest BCUT2D eigenvalue weighted by Gasteiger charge is -2.34. The van der Waals surface area contributed by atoms with E-state index < -0.39 is 24.5 Å². The Morgan fingerprint density at radius 3 is 2.70 bits per heavy atom. The number of pyridine rings is 1. The van der Waals surface area contributed by atoms with E-state index in [0.29, 0.717) is 18.9 Å². The van der Waals surface area contributed by atoms with Crippen LogP contribution in [0.15, 0.2) is 12.3 Å². The molecule has 1 atom stereocenters. The first-order valence-corrected chi connectivity index (χ1v) is 8.90. The third kappa shape index (κ3) is 7.32. The van der Waals surface area contributed by atoms with Gasteiger partial charge < -0.3 is 19.7 Å². The SMILES string of the molecule is CC(C)(C)OC(=O)NC1CCCN(c2ncc(OCC(F)(F)F)cc2Cl)C1. The molecular weight excluding hydrogens is 387 g/mol. The molecule has 6 nitrogen and oxygen atoms in total. The number of aromatic nitrogens is 1. The van der Waals surface area contributed by atoms with E-state index in [0.717, 1.165) is 12.8 Å². The summed E-state index contributed by atoms with van der Waals surface area (Å²) in [4.78, 5) is 17.9. The second-order valence-corrected chi connectivity index (χ2v) is 7.72. The molecule has 27 heavy (non-hydrogen) atoms. The normalized spacial score (nSPS) is 18.2. The minimum Gasteiger partial charge on any atom is -0.482 e. The maximum absolute atomic E-state index is 12.2. The van der Waals surface area contributed by atoms with E-state index in [1.165, 1.54) is 12.3 Å². The van der Waals surface area contributed by atoms with Crippen LogP contribution in [0.4, 0.5) is 23.8 Å². The number of alkyl carbamates (subject to hydrolysis) is 1. The lowest BCUT2D eigenvalue weighted by Crippen LogP contribution is -2.49. The van der Waals surface area contributed by atoms with Gasteiger partial charge in [0.2, 0.25) is 0 Å². The molecule has 1 unspecified atom stereocenters. The standard InChI is InChI=1S/C17H23ClF3N3O3/c1-16(2,3)27-15(25)23-11-5-4-6-24(9-11)14-13(18)7-12(8-22-14)26-10-17(19,20)21/h7-8,11H,4-6,9-10H2,1-3H3,(H,23,25). The number of halogens is 4. The highest BCUT2D eigenvalue weighted by Gasteiger charge is 2.29. The summed E-state index contributed by atoms with van der Waals surface area (Å²) in [5, 5.41) is 3.01. The molecule has 0 aliphatic carbocycles. The van der Waals surface area contributed by atoms with Crippen LogP contribution in [0.3, 0.4) is 0 Å². The van der Waals surface area contributed by atoms with Crippen molar-refractivity contribution in [3.05, 3.63) is 17.3 Å². The average Bonchev–Trinajstić information content (AvgIpc) is 2.50. The highest BCUT2D eigenvalue weighted by atomic mass is 35.5. The fourth-order valence-corrected chi connectivity index (χ4v) is 2.93. The monoisotopic (exact) mass is 409 g/mol. The Morgan fingerprint density at radius 1 is 1.41 bits per heavy atom. The quantitative estimate of drug-likeness (QED) is 0.808. The summed E-state index contributed by atoms with van der Waals surface area (Å²) in [7, 11) is 0. The van der Waals surface area contributed by atoms with Gasteiger partial charge in [-0.25, -0.2) is 9.78 Å². The molecular formula is C17H23ClF3N3O3. The second kappa shape index (κ2) is 8.41. The van der Waals surface area contributed by atoms with Gasteiger partial charge in [-0.15, -0.1) is 0 Å². The molecule has 1 aromatic rings. The molecule has 0 spiro atoms. The van der Waals surface area contributed by atoms with Crippen LogP contribution in [-0.2, 0) is 4.74 Å². The van der Waals surface area contributed by atoms with Gasteiger partial charge in [-0.2, -0.15) is 13.2 Å². The van der Waals surface area contributed by atoms with Gasteiger partial charge in [0.15, 0.2) is 6.61 Å². The zero-order chi connectivity index (χ0) is 20.2. The van der Waals surface area contributed by atoms with Crippen LogP contribution in [0.1, 0.15) is 33.6 Å². The van der Waals surface area contributed by atoms with Gasteiger partial charge >= 0.3 is 12.3 Å². The Kier molecular flexibility index (Phi) is 6.67. The highest BCUT2D eigenvalue weighted by molar-refractivity contribution is 6.33. The summed E-state index contributed by atoms with van der Waals surface area (Å²) in [6.45, 7) is 5.08. The lowest BCUT2D eigenvalue weighted by atomic mass is 10.1. The number of anilines is 1. The van der Waals surface area contributed by atoms with Crippen molar-refractivity contribution in [2.24, 2.45) is 0 Å². The van der Waals surface area contributed by atoms with Crippen molar-refractivity contribution in [2.75, 3.05) is 24.6 Å². The fourth-order valence-electron chi connectivity index (χ4n) is 2.65. The van der Waals surface area contributed by atoms with Gasteiger partial charge in [0.05, 0.1) is 11.2 Å². The van der Waals surface area contributed by atoms with E-state index in [4.69, 9.17) is 16.3 Å². The summed E-state index contributed by atoms with van der Waals surface area (Å²) in [5.41, 5.74) is -0.588. The number of hydrogen-bond acceptors (Lipinski definition) is 5. The van der Waals surface area contributed by atoms with Gasteiger partial charge in [-0.3, -0.25) is 0 Å². The molecule has 0 saturated carbocycles. The smallest absolute Gasteiger partial charge is 0.422 e. The number of amides is 1. The van der Waals surface area contributed by atoms with E-state index in [1.807, 2.05) is 4.90 Å². The van der Waals surface area contributed by atoms with Crippen molar-refractivity contribution in [1.29, 1.82) is 0 Å². The molecule has 1 aliphatic heterocycles. The first-order valence-electron chi connectivity index (χ1n) is 8.52. The van der Waals surface area contributed by atoms with Crippen LogP contribution in [0.25, 0.3) is 0 Å². The maximum atomic E-state index is 12.2. The molecule has 1 saturated heterocycles. The van der Waals surface area contributed by atoms with Crippen molar-refractivity contribution in [3.63, 3.8) is 0 Å². The molecule has 1 aliphatic rings. The third-order valence-corrected chi connectivity index (χ3v) is 3.92. The van der Waals surface area contributed by atoms with Crippen LogP contribution in [0.2, 0.25) is 5.02 Å². The van der Waals surface area contributed by atoms with E-state index in [-0.39, 0.29) is 16.8 Å². The van der Waals surface area contributed by atoms with Crippen LogP contribution in [0, 0.1) is 0 Å². The Hall–Kier alpha value is -1.90. The molecule has 10 heteroatoms. The van der Waals surface area contributed by atoms with Crippen LogP contribution in [0.5, 0.6) is 5.75 Å². The van der Waals surface area contributed by atoms with Crippen LogP contribution >= 0.6 is 11.6 Å². The molecule has 0 bridgehead atoms. The van der Waals surface area contributed by atoms with Gasteiger partial charge in [0.25, 0.3) is 0 Å². The number of nitrogens with one attached hydrogen (secondary N) is 1. The molecule has 2 heterocycles. The Labute approximate surface area is 161 Å². The minimum absolute atomic E-state index is 0.0542. The van der Waals surface area contributed by atoms with E-state index in [2.05, 4.69) is 15.0 Å². The largest absolute Gasteiger partial charge is 0.482 e. The van der Waals surface area contributed by atoms with Crippen molar-refractivity contribution in [3.8, 4) is 5.75 Å². The molecule has 1 amide bonds. The highest BCUT2D eigenvalue weighted by Crippen LogP contribution is 2.30. The van der Waals surface area contributed by atoms with Gasteiger partial charge in [-0.1, -0.05) is 11.6 Å². The Morgan fingerprint density at radius 2 is 2.11 bits per heavy atom. The average molecular weight is 410 g/mol. The summed E-state index contributed by atoms with van der Waals surface area (Å²) in [6.07, 6.45) is -2.15. The van der Waals surface area contributed by atoms with Crippen molar-refractivity contribution >= 4 is 23.5 Å². The Bertz CT molecular complexity index is 665. The predicted octanol–water partition coefficient (Wildman–Crippen LogP) is 4.17. The van der Waals surface area contributed by atoms with Crippen molar-refractivity contribution in [2.45, 2.75) is 51.4 Å². The topological polar surface area (TPSA) is 63.7 Å². The van der Waals surface area contributed by atoms with Crippen LogP contribution in [-0.4, -0.2) is 48.6 Å². The summed E-state index contributed by atoms with van der Waals surface area (Å²) < 4.78 is 46.6. The van der Waals surface area contributed by atoms with Crippen LogP contribution < -0.4 is 15.0 Å². The summed E-state index contributed by atoms with van der Waals surface area (Å²) in [6, 6.07) is 1.16. The molecule has 0 radical (unpaired) electrons. The van der Waals surface area contributed by atoms with Gasteiger partial charge in [0, 0.05) is 25.2 Å². The van der Waals surface area contributed by atoms with Gasteiger partial charge in [-0.05, 0) is 33.6 Å². The number of piperidine rings is 1.